The summed E-state index contributed by atoms with van der Waals surface area (Å²) < 4.78 is 4.77. The maximum Gasteiger partial charge on any atom is 0.331 e. The maximum absolute atomic E-state index is 11.7. The second-order valence-corrected chi connectivity index (χ2v) is 4.48. The summed E-state index contributed by atoms with van der Waals surface area (Å²) in [5, 5.41) is 2.54. The van der Waals surface area contributed by atoms with Gasteiger partial charge >= 0.3 is 5.97 Å². The van der Waals surface area contributed by atoms with Crippen LogP contribution in [0.3, 0.4) is 0 Å². The minimum absolute atomic E-state index is 0.151. The Labute approximate surface area is 117 Å². The Morgan fingerprint density at radius 1 is 1.15 bits per heavy atom. The highest BCUT2D eigenvalue weighted by molar-refractivity contribution is 6.04. The number of allylic oxidation sites excluding steroid dienone is 1. The number of hydrogen-bond donors (Lipinski definition) is 1. The summed E-state index contributed by atoms with van der Waals surface area (Å²) in [4.78, 5) is 34.3. The van der Waals surface area contributed by atoms with E-state index in [2.05, 4.69) is 5.32 Å². The van der Waals surface area contributed by atoms with Crippen LogP contribution in [0.2, 0.25) is 0 Å². The van der Waals surface area contributed by atoms with E-state index in [1.165, 1.54) is 13.0 Å². The topological polar surface area (TPSA) is 72.5 Å². The van der Waals surface area contributed by atoms with Crippen molar-refractivity contribution in [1.82, 2.24) is 0 Å². The first-order valence-corrected chi connectivity index (χ1v) is 6.11. The molecule has 0 aliphatic carbocycles. The molecule has 1 aromatic carbocycles. The number of carbonyl (C=O) groups excluding carboxylic acids is 3. The summed E-state index contributed by atoms with van der Waals surface area (Å²) in [5.41, 5.74) is 1.61. The van der Waals surface area contributed by atoms with Gasteiger partial charge in [0.25, 0.3) is 5.91 Å². The molecule has 106 valence electrons. The second kappa shape index (κ2) is 7.23. The SMILES string of the molecule is CC(=O)c1ccccc1NC(=O)COC(=O)C=C(C)C. The van der Waals surface area contributed by atoms with Gasteiger partial charge in [-0.1, -0.05) is 17.7 Å². The number of amides is 1. The molecule has 0 radical (unpaired) electrons. The molecule has 5 nitrogen and oxygen atoms in total. The fraction of sp³-hybridized carbons (Fsp3) is 0.267. The molecule has 0 saturated heterocycles. The number of Topliss-reactive ketones (excluding diaryl/α,β-unsaturated/α-hetero) is 1. The molecule has 0 heterocycles. The Balaban J connectivity index is 2.62. The van der Waals surface area contributed by atoms with Crippen LogP contribution < -0.4 is 5.32 Å². The van der Waals surface area contributed by atoms with E-state index in [4.69, 9.17) is 4.74 Å². The van der Waals surface area contributed by atoms with Crippen molar-refractivity contribution in [2.45, 2.75) is 20.8 Å². The van der Waals surface area contributed by atoms with Gasteiger partial charge in [0.05, 0.1) is 5.69 Å². The average molecular weight is 275 g/mol. The normalized spacial score (nSPS) is 9.55. The van der Waals surface area contributed by atoms with Crippen LogP contribution in [0.5, 0.6) is 0 Å². The summed E-state index contributed by atoms with van der Waals surface area (Å²) in [7, 11) is 0. The molecule has 0 fully saturated rings. The van der Waals surface area contributed by atoms with Gasteiger partial charge < -0.3 is 10.1 Å². The molecule has 0 aliphatic heterocycles. The largest absolute Gasteiger partial charge is 0.452 e. The molecule has 20 heavy (non-hydrogen) atoms. The van der Waals surface area contributed by atoms with Crippen LogP contribution in [0.1, 0.15) is 31.1 Å². The predicted molar refractivity (Wildman–Crippen MR) is 75.5 cm³/mol. The minimum atomic E-state index is -0.569. The van der Waals surface area contributed by atoms with Crippen molar-refractivity contribution in [1.29, 1.82) is 0 Å². The number of carbonyl (C=O) groups is 3. The van der Waals surface area contributed by atoms with Crippen molar-refractivity contribution in [2.75, 3.05) is 11.9 Å². The standard InChI is InChI=1S/C15H17NO4/c1-10(2)8-15(19)20-9-14(18)16-13-7-5-4-6-12(13)11(3)17/h4-8H,9H2,1-3H3,(H,16,18). The van der Waals surface area contributed by atoms with Gasteiger partial charge in [0.15, 0.2) is 12.4 Å². The van der Waals surface area contributed by atoms with Crippen molar-refractivity contribution >= 4 is 23.3 Å². The van der Waals surface area contributed by atoms with Gasteiger partial charge in [0.1, 0.15) is 0 Å². The van der Waals surface area contributed by atoms with E-state index >= 15 is 0 Å². The molecule has 0 spiro atoms. The Hall–Kier alpha value is -2.43. The van der Waals surface area contributed by atoms with Gasteiger partial charge in [0.2, 0.25) is 0 Å². The first-order valence-electron chi connectivity index (χ1n) is 6.11. The third-order valence-corrected chi connectivity index (χ3v) is 2.33. The monoisotopic (exact) mass is 275 g/mol. The number of para-hydroxylation sites is 1. The molecule has 0 atom stereocenters. The molecular weight excluding hydrogens is 258 g/mol. The zero-order valence-electron chi connectivity index (χ0n) is 11.7. The van der Waals surface area contributed by atoms with Crippen LogP contribution in [0, 0.1) is 0 Å². The molecule has 0 saturated carbocycles. The first kappa shape index (κ1) is 15.6. The predicted octanol–water partition coefficient (Wildman–Crippen LogP) is 2.34. The van der Waals surface area contributed by atoms with Gasteiger partial charge in [-0.25, -0.2) is 4.79 Å². The van der Waals surface area contributed by atoms with Crippen molar-refractivity contribution in [3.63, 3.8) is 0 Å². The van der Waals surface area contributed by atoms with Crippen LogP contribution in [0.25, 0.3) is 0 Å². The van der Waals surface area contributed by atoms with Gasteiger partial charge in [-0.3, -0.25) is 9.59 Å². The molecule has 0 bridgehead atoms. The van der Waals surface area contributed by atoms with Crippen LogP contribution in [0.15, 0.2) is 35.9 Å². The van der Waals surface area contributed by atoms with E-state index < -0.39 is 18.5 Å². The zero-order valence-corrected chi connectivity index (χ0v) is 11.7. The highest BCUT2D eigenvalue weighted by atomic mass is 16.5. The van der Waals surface area contributed by atoms with Crippen molar-refractivity contribution in [3.8, 4) is 0 Å². The van der Waals surface area contributed by atoms with Crippen LogP contribution >= 0.6 is 0 Å². The number of anilines is 1. The number of rotatable bonds is 5. The summed E-state index contributed by atoms with van der Waals surface area (Å²) in [6.07, 6.45) is 1.30. The van der Waals surface area contributed by atoms with E-state index in [-0.39, 0.29) is 5.78 Å². The molecule has 1 amide bonds. The number of esters is 1. The molecule has 1 aromatic rings. The van der Waals surface area contributed by atoms with Crippen LogP contribution in [-0.2, 0) is 14.3 Å². The molecule has 5 heteroatoms. The number of nitrogens with one attached hydrogen (secondary N) is 1. The Morgan fingerprint density at radius 3 is 2.40 bits per heavy atom. The van der Waals surface area contributed by atoms with E-state index in [0.29, 0.717) is 11.3 Å². The molecule has 1 N–H and O–H groups in total. The number of hydrogen-bond acceptors (Lipinski definition) is 4. The molecule has 0 unspecified atom stereocenters. The third-order valence-electron chi connectivity index (χ3n) is 2.33. The maximum atomic E-state index is 11.7. The Bertz CT molecular complexity index is 557. The van der Waals surface area contributed by atoms with Crippen molar-refractivity contribution < 1.29 is 19.1 Å². The fourth-order valence-electron chi connectivity index (χ4n) is 1.50. The smallest absolute Gasteiger partial charge is 0.331 e. The number of ether oxygens (including phenoxy) is 1. The van der Waals surface area contributed by atoms with Gasteiger partial charge in [-0.05, 0) is 32.9 Å². The molecule has 1 rings (SSSR count). The lowest BCUT2D eigenvalue weighted by Gasteiger charge is -2.08. The van der Waals surface area contributed by atoms with Crippen LogP contribution in [0.4, 0.5) is 5.69 Å². The lowest BCUT2D eigenvalue weighted by Crippen LogP contribution is -2.21. The van der Waals surface area contributed by atoms with Gasteiger partial charge in [0, 0.05) is 11.6 Å². The summed E-state index contributed by atoms with van der Waals surface area (Å²) in [6.45, 7) is 4.53. The van der Waals surface area contributed by atoms with Gasteiger partial charge in [-0.15, -0.1) is 0 Å². The molecular formula is C15H17NO4. The fourth-order valence-corrected chi connectivity index (χ4v) is 1.50. The Morgan fingerprint density at radius 2 is 1.80 bits per heavy atom. The van der Waals surface area contributed by atoms with E-state index in [1.54, 1.807) is 38.1 Å². The number of benzene rings is 1. The summed E-state index contributed by atoms with van der Waals surface area (Å²) >= 11 is 0. The zero-order chi connectivity index (χ0) is 15.1. The molecule has 0 aliphatic rings. The summed E-state index contributed by atoms with van der Waals surface area (Å²) in [5.74, 6) is -1.21. The summed E-state index contributed by atoms with van der Waals surface area (Å²) in [6, 6.07) is 6.65. The number of ketones is 1. The van der Waals surface area contributed by atoms with E-state index in [0.717, 1.165) is 5.57 Å². The molecule has 0 aromatic heterocycles. The average Bonchev–Trinajstić information content (AvgIpc) is 2.36. The van der Waals surface area contributed by atoms with Crippen molar-refractivity contribution in [3.05, 3.63) is 41.5 Å². The lowest BCUT2D eigenvalue weighted by atomic mass is 10.1. The van der Waals surface area contributed by atoms with Crippen molar-refractivity contribution in [2.24, 2.45) is 0 Å². The van der Waals surface area contributed by atoms with Crippen LogP contribution in [-0.4, -0.2) is 24.3 Å². The Kier molecular flexibility index (Phi) is 5.65. The quantitative estimate of drug-likeness (QED) is 0.508. The van der Waals surface area contributed by atoms with E-state index in [9.17, 15) is 14.4 Å². The highest BCUT2D eigenvalue weighted by Gasteiger charge is 2.10. The minimum Gasteiger partial charge on any atom is -0.452 e. The van der Waals surface area contributed by atoms with E-state index in [1.807, 2.05) is 0 Å². The third kappa shape index (κ3) is 5.06. The highest BCUT2D eigenvalue weighted by Crippen LogP contribution is 2.15. The second-order valence-electron chi connectivity index (χ2n) is 4.48. The van der Waals surface area contributed by atoms with Gasteiger partial charge in [-0.2, -0.15) is 0 Å². The lowest BCUT2D eigenvalue weighted by molar-refractivity contribution is -0.142. The first-order chi connectivity index (χ1) is 9.40.